The van der Waals surface area contributed by atoms with E-state index in [2.05, 4.69) is 5.32 Å². The van der Waals surface area contributed by atoms with Gasteiger partial charge in [-0.15, -0.1) is 0 Å². The van der Waals surface area contributed by atoms with E-state index in [1.165, 1.54) is 12.1 Å². The lowest BCUT2D eigenvalue weighted by Gasteiger charge is -2.38. The second-order valence-electron chi connectivity index (χ2n) is 8.80. The third kappa shape index (κ3) is 5.31. The Morgan fingerprint density at radius 2 is 1.35 bits per heavy atom. The standard InChI is InChI=1S/C27H17Cl3F5N3O2/c28-13-1-3-16(29)15(11-13)19-5-6-20(40-19)27(39)36-14-2-4-18(17(30)12-14)37-7-9-38(10-8-37)26-24(34)22(32)21(31)23(33)25(26)35/h1-6,11-12H,7-10H2,(H,36,39). The summed E-state index contributed by atoms with van der Waals surface area (Å²) in [4.78, 5) is 15.6. The van der Waals surface area contributed by atoms with Crippen LogP contribution in [-0.4, -0.2) is 32.1 Å². The van der Waals surface area contributed by atoms with E-state index in [0.29, 0.717) is 32.7 Å². The summed E-state index contributed by atoms with van der Waals surface area (Å²) in [6.45, 7) is 0.327. The van der Waals surface area contributed by atoms with Crippen LogP contribution in [0.4, 0.5) is 39.0 Å². The Morgan fingerprint density at radius 1 is 0.725 bits per heavy atom. The fraction of sp³-hybridized carbons (Fsp3) is 0.148. The van der Waals surface area contributed by atoms with Crippen LogP contribution in [0.2, 0.25) is 15.1 Å². The zero-order valence-electron chi connectivity index (χ0n) is 20.2. The number of benzene rings is 3. The molecule has 13 heteroatoms. The third-order valence-electron chi connectivity index (χ3n) is 6.35. The van der Waals surface area contributed by atoms with Crippen LogP contribution in [0.5, 0.6) is 0 Å². The molecule has 1 aromatic heterocycles. The molecule has 1 amide bonds. The van der Waals surface area contributed by atoms with Gasteiger partial charge in [-0.1, -0.05) is 34.8 Å². The highest BCUT2D eigenvalue weighted by atomic mass is 35.5. The molecule has 0 radical (unpaired) electrons. The first kappa shape index (κ1) is 28.1. The average Bonchev–Trinajstić information content (AvgIpc) is 3.43. The highest BCUT2D eigenvalue weighted by Gasteiger charge is 2.31. The van der Waals surface area contributed by atoms with Crippen LogP contribution in [0, 0.1) is 29.1 Å². The highest BCUT2D eigenvalue weighted by Crippen LogP contribution is 2.35. The van der Waals surface area contributed by atoms with Crippen LogP contribution >= 0.6 is 34.8 Å². The summed E-state index contributed by atoms with van der Waals surface area (Å²) in [7, 11) is 0. The van der Waals surface area contributed by atoms with Gasteiger partial charge in [-0.05, 0) is 48.5 Å². The molecule has 1 saturated heterocycles. The first-order valence-electron chi connectivity index (χ1n) is 11.7. The number of rotatable bonds is 5. The molecule has 0 spiro atoms. The topological polar surface area (TPSA) is 48.7 Å². The number of hydrogen-bond donors (Lipinski definition) is 1. The quantitative estimate of drug-likeness (QED) is 0.140. The molecule has 1 aliphatic heterocycles. The van der Waals surface area contributed by atoms with Gasteiger partial charge in [-0.25, -0.2) is 22.0 Å². The van der Waals surface area contributed by atoms with Crippen molar-refractivity contribution in [2.24, 2.45) is 0 Å². The summed E-state index contributed by atoms with van der Waals surface area (Å²) >= 11 is 18.7. The predicted octanol–water partition coefficient (Wildman–Crippen LogP) is 8.18. The average molecular weight is 617 g/mol. The molecule has 5 nitrogen and oxygen atoms in total. The molecular formula is C27H17Cl3F5N3O2. The third-order valence-corrected chi connectivity index (χ3v) is 7.22. The molecule has 40 heavy (non-hydrogen) atoms. The number of amides is 1. The van der Waals surface area contributed by atoms with Gasteiger partial charge in [0, 0.05) is 42.5 Å². The van der Waals surface area contributed by atoms with Gasteiger partial charge in [0.15, 0.2) is 29.0 Å². The largest absolute Gasteiger partial charge is 0.451 e. The van der Waals surface area contributed by atoms with E-state index in [-0.39, 0.29) is 37.0 Å². The van der Waals surface area contributed by atoms with Gasteiger partial charge >= 0.3 is 0 Å². The zero-order valence-corrected chi connectivity index (χ0v) is 22.4. The molecule has 0 bridgehead atoms. The normalized spacial score (nSPS) is 13.6. The molecule has 2 heterocycles. The van der Waals surface area contributed by atoms with E-state index < -0.39 is 40.7 Å². The van der Waals surface area contributed by atoms with Gasteiger partial charge < -0.3 is 19.5 Å². The molecule has 0 saturated carbocycles. The molecular weight excluding hydrogens is 600 g/mol. The highest BCUT2D eigenvalue weighted by molar-refractivity contribution is 6.35. The molecule has 0 unspecified atom stereocenters. The Balaban J connectivity index is 1.26. The van der Waals surface area contributed by atoms with Crippen molar-refractivity contribution < 1.29 is 31.2 Å². The van der Waals surface area contributed by atoms with Crippen molar-refractivity contribution in [2.75, 3.05) is 41.3 Å². The zero-order chi connectivity index (χ0) is 28.7. The number of hydrogen-bond acceptors (Lipinski definition) is 4. The number of nitrogens with zero attached hydrogens (tertiary/aromatic N) is 2. The first-order valence-corrected chi connectivity index (χ1v) is 12.9. The number of carbonyl (C=O) groups excluding carboxylic acids is 1. The molecule has 3 aromatic carbocycles. The number of furan rings is 1. The van der Waals surface area contributed by atoms with Crippen LogP contribution in [-0.2, 0) is 0 Å². The molecule has 1 fully saturated rings. The second-order valence-corrected chi connectivity index (χ2v) is 10.1. The van der Waals surface area contributed by atoms with Crippen molar-refractivity contribution in [3.63, 3.8) is 0 Å². The Morgan fingerprint density at radius 3 is 2.00 bits per heavy atom. The second kappa shape index (κ2) is 11.2. The lowest BCUT2D eigenvalue weighted by Crippen LogP contribution is -2.47. The van der Waals surface area contributed by atoms with Crippen LogP contribution in [0.3, 0.4) is 0 Å². The van der Waals surface area contributed by atoms with Crippen molar-refractivity contribution in [1.82, 2.24) is 0 Å². The monoisotopic (exact) mass is 615 g/mol. The van der Waals surface area contributed by atoms with E-state index in [9.17, 15) is 26.7 Å². The minimum absolute atomic E-state index is 0.0232. The Kier molecular flexibility index (Phi) is 7.85. The van der Waals surface area contributed by atoms with E-state index in [1.54, 1.807) is 41.3 Å². The molecule has 4 aromatic rings. The summed E-state index contributed by atoms with van der Waals surface area (Å²) in [5.74, 6) is -10.1. The Bertz CT molecular complexity index is 1590. The lowest BCUT2D eigenvalue weighted by atomic mass is 10.2. The van der Waals surface area contributed by atoms with Gasteiger partial charge in [0.1, 0.15) is 11.4 Å². The first-order chi connectivity index (χ1) is 19.0. The van der Waals surface area contributed by atoms with E-state index >= 15 is 0 Å². The Labute approximate surface area is 239 Å². The summed E-state index contributed by atoms with van der Waals surface area (Å²) in [5.41, 5.74) is 0.505. The van der Waals surface area contributed by atoms with Gasteiger partial charge in [-0.2, -0.15) is 0 Å². The molecule has 1 aliphatic rings. The van der Waals surface area contributed by atoms with Crippen molar-refractivity contribution in [3.05, 3.63) is 98.4 Å². The number of nitrogens with one attached hydrogen (secondary N) is 1. The summed E-state index contributed by atoms with van der Waals surface area (Å²) in [5, 5.41) is 3.82. The maximum atomic E-state index is 14.2. The SMILES string of the molecule is O=C(Nc1ccc(N2CCN(c3c(F)c(F)c(F)c(F)c3F)CC2)c(Cl)c1)c1ccc(-c2cc(Cl)ccc2Cl)o1. The Hall–Kier alpha value is -3.47. The molecule has 0 atom stereocenters. The smallest absolute Gasteiger partial charge is 0.291 e. The maximum Gasteiger partial charge on any atom is 0.291 e. The molecule has 5 rings (SSSR count). The van der Waals surface area contributed by atoms with E-state index in [0.717, 1.165) is 4.90 Å². The van der Waals surface area contributed by atoms with Crippen LogP contribution in [0.25, 0.3) is 11.3 Å². The fourth-order valence-electron chi connectivity index (χ4n) is 4.37. The predicted molar refractivity (Wildman–Crippen MR) is 144 cm³/mol. The summed E-state index contributed by atoms with van der Waals surface area (Å²) < 4.78 is 74.7. The van der Waals surface area contributed by atoms with Crippen molar-refractivity contribution in [3.8, 4) is 11.3 Å². The number of piperazine rings is 1. The molecule has 208 valence electrons. The van der Waals surface area contributed by atoms with Crippen LogP contribution < -0.4 is 15.1 Å². The van der Waals surface area contributed by atoms with Gasteiger partial charge in [0.2, 0.25) is 5.82 Å². The minimum atomic E-state index is -2.20. The summed E-state index contributed by atoms with van der Waals surface area (Å²) in [6.07, 6.45) is 0. The minimum Gasteiger partial charge on any atom is -0.451 e. The lowest BCUT2D eigenvalue weighted by molar-refractivity contribution is 0.0997. The number of halogens is 8. The van der Waals surface area contributed by atoms with Gasteiger partial charge in [0.05, 0.1) is 15.7 Å². The number of carbonyl (C=O) groups is 1. The molecule has 1 N–H and O–H groups in total. The van der Waals surface area contributed by atoms with Crippen LogP contribution in [0.1, 0.15) is 10.6 Å². The van der Waals surface area contributed by atoms with Crippen molar-refractivity contribution in [2.45, 2.75) is 0 Å². The maximum absolute atomic E-state index is 14.2. The van der Waals surface area contributed by atoms with Gasteiger partial charge in [0.25, 0.3) is 5.91 Å². The number of anilines is 3. The van der Waals surface area contributed by atoms with E-state index in [1.807, 2.05) is 0 Å². The van der Waals surface area contributed by atoms with Gasteiger partial charge in [-0.3, -0.25) is 4.79 Å². The summed E-state index contributed by atoms with van der Waals surface area (Å²) in [6, 6.07) is 12.7. The van der Waals surface area contributed by atoms with Crippen molar-refractivity contribution >= 4 is 57.8 Å². The molecule has 0 aliphatic carbocycles. The van der Waals surface area contributed by atoms with Crippen molar-refractivity contribution in [1.29, 1.82) is 0 Å². The fourth-order valence-corrected chi connectivity index (χ4v) is 5.05. The van der Waals surface area contributed by atoms with Crippen LogP contribution in [0.15, 0.2) is 52.9 Å². The van der Waals surface area contributed by atoms with E-state index in [4.69, 9.17) is 39.2 Å².